The van der Waals surface area contributed by atoms with Crippen molar-refractivity contribution in [2.45, 2.75) is 50.1 Å². The van der Waals surface area contributed by atoms with Gasteiger partial charge in [0.25, 0.3) is 0 Å². The lowest BCUT2D eigenvalue weighted by Gasteiger charge is -2.44. The highest BCUT2D eigenvalue weighted by molar-refractivity contribution is 5.77. The number of carboxylic acid groups (broad SMARTS) is 2. The molecule has 200 valence electrons. The van der Waals surface area contributed by atoms with E-state index in [0.717, 1.165) is 39.0 Å². The number of nitrogens with zero attached hydrogens (tertiary/aromatic N) is 3. The predicted molar refractivity (Wildman–Crippen MR) is 108 cm³/mol. The lowest BCUT2D eigenvalue weighted by molar-refractivity contribution is -0.193. The fourth-order valence-corrected chi connectivity index (χ4v) is 3.80. The summed E-state index contributed by atoms with van der Waals surface area (Å²) in [5.41, 5.74) is 1.44. The molecule has 2 fully saturated rings. The van der Waals surface area contributed by atoms with Crippen molar-refractivity contribution in [1.82, 2.24) is 25.1 Å². The zero-order valence-electron chi connectivity index (χ0n) is 18.7. The van der Waals surface area contributed by atoms with Crippen LogP contribution >= 0.6 is 0 Å². The maximum atomic E-state index is 11.7. The van der Waals surface area contributed by atoms with Gasteiger partial charge in [-0.25, -0.2) is 14.6 Å². The molecule has 1 spiro atoms. The van der Waals surface area contributed by atoms with Gasteiger partial charge in [-0.2, -0.15) is 26.3 Å². The third-order valence-electron chi connectivity index (χ3n) is 5.57. The van der Waals surface area contributed by atoms with E-state index in [9.17, 15) is 31.1 Å². The Labute approximate surface area is 196 Å². The molecule has 3 heterocycles. The Balaban J connectivity index is 0.000000362. The molecule has 1 aromatic heterocycles. The van der Waals surface area contributed by atoms with Crippen LogP contribution < -0.4 is 5.32 Å². The van der Waals surface area contributed by atoms with E-state index in [-0.39, 0.29) is 11.4 Å². The molecule has 2 saturated heterocycles. The molecule has 0 saturated carbocycles. The molecular formula is C19H27F6N5O5. The van der Waals surface area contributed by atoms with Gasteiger partial charge in [-0.05, 0) is 32.2 Å². The highest BCUT2D eigenvalue weighted by Gasteiger charge is 2.43. The van der Waals surface area contributed by atoms with Gasteiger partial charge in [0.1, 0.15) is 0 Å². The number of nitrogens with one attached hydrogen (secondary N) is 2. The van der Waals surface area contributed by atoms with E-state index in [2.05, 4.69) is 25.1 Å². The first-order chi connectivity index (χ1) is 16.1. The number of likely N-dealkylation sites (tertiary alicyclic amines) is 2. The number of imidazole rings is 1. The molecule has 0 aromatic carbocycles. The van der Waals surface area contributed by atoms with E-state index in [1.54, 1.807) is 13.4 Å². The summed E-state index contributed by atoms with van der Waals surface area (Å²) in [6, 6.07) is 0. The third kappa shape index (κ3) is 10.1. The van der Waals surface area contributed by atoms with Gasteiger partial charge in [-0.1, -0.05) is 0 Å². The number of carboxylic acids is 2. The number of aliphatic carboxylic acids is 2. The van der Waals surface area contributed by atoms with Crippen molar-refractivity contribution in [2.75, 3.05) is 33.2 Å². The van der Waals surface area contributed by atoms with Crippen molar-refractivity contribution in [1.29, 1.82) is 0 Å². The molecule has 2 aliphatic rings. The molecule has 2 aliphatic heterocycles. The van der Waals surface area contributed by atoms with Gasteiger partial charge >= 0.3 is 24.3 Å². The first kappa shape index (κ1) is 30.2. The Bertz CT molecular complexity index is 799. The highest BCUT2D eigenvalue weighted by atomic mass is 19.4. The average molecular weight is 519 g/mol. The van der Waals surface area contributed by atoms with Crippen LogP contribution in [0.1, 0.15) is 31.4 Å². The maximum absolute atomic E-state index is 11.7. The molecule has 3 rings (SSSR count). The van der Waals surface area contributed by atoms with E-state index in [0.29, 0.717) is 6.54 Å². The number of carbonyl (C=O) groups is 3. The van der Waals surface area contributed by atoms with Crippen LogP contribution in [0.5, 0.6) is 0 Å². The van der Waals surface area contributed by atoms with Crippen LogP contribution in [0.2, 0.25) is 0 Å². The lowest BCUT2D eigenvalue weighted by atomic mass is 9.85. The van der Waals surface area contributed by atoms with E-state index < -0.39 is 24.3 Å². The SMILES string of the molecule is CNC(=O)CN1CCCC12CCN(Cc1cnc[nH]1)CC2.O=C(O)C(F)(F)F.O=C(O)C(F)(F)F. The molecule has 0 unspecified atom stereocenters. The van der Waals surface area contributed by atoms with E-state index in [1.807, 2.05) is 6.20 Å². The van der Waals surface area contributed by atoms with Crippen LogP contribution in [0.4, 0.5) is 26.3 Å². The van der Waals surface area contributed by atoms with Crippen LogP contribution in [0, 0.1) is 0 Å². The number of halogens is 6. The fraction of sp³-hybridized carbons (Fsp3) is 0.684. The molecule has 0 aliphatic carbocycles. The molecule has 0 bridgehead atoms. The normalized spacial score (nSPS) is 18.1. The average Bonchev–Trinajstić information content (AvgIpc) is 3.40. The Morgan fingerprint density at radius 3 is 1.94 bits per heavy atom. The number of aromatic nitrogens is 2. The molecule has 10 nitrogen and oxygen atoms in total. The third-order valence-corrected chi connectivity index (χ3v) is 5.57. The summed E-state index contributed by atoms with van der Waals surface area (Å²) in [5.74, 6) is -5.38. The number of aromatic amines is 1. The Hall–Kier alpha value is -2.88. The summed E-state index contributed by atoms with van der Waals surface area (Å²) in [5, 5.41) is 17.0. The summed E-state index contributed by atoms with van der Waals surface area (Å²) in [4.78, 5) is 41.6. The van der Waals surface area contributed by atoms with Crippen molar-refractivity contribution >= 4 is 17.8 Å². The number of H-pyrrole nitrogens is 1. The van der Waals surface area contributed by atoms with Crippen LogP contribution in [-0.4, -0.2) is 98.9 Å². The molecular weight excluding hydrogens is 492 g/mol. The van der Waals surface area contributed by atoms with Gasteiger partial charge < -0.3 is 20.5 Å². The zero-order chi connectivity index (χ0) is 26.9. The number of amides is 1. The molecule has 1 aromatic rings. The van der Waals surface area contributed by atoms with Crippen LogP contribution in [-0.2, 0) is 20.9 Å². The minimum absolute atomic E-state index is 0.135. The Morgan fingerprint density at radius 1 is 1.03 bits per heavy atom. The number of hydrogen-bond acceptors (Lipinski definition) is 6. The summed E-state index contributed by atoms with van der Waals surface area (Å²) >= 11 is 0. The second-order valence-electron chi connectivity index (χ2n) is 7.88. The predicted octanol–water partition coefficient (Wildman–Crippen LogP) is 1.85. The first-order valence-corrected chi connectivity index (χ1v) is 10.4. The molecule has 0 atom stereocenters. The number of carbonyl (C=O) groups excluding carboxylic acids is 1. The Morgan fingerprint density at radius 2 is 1.54 bits per heavy atom. The number of rotatable bonds is 4. The summed E-state index contributed by atoms with van der Waals surface area (Å²) < 4.78 is 63.5. The van der Waals surface area contributed by atoms with Crippen molar-refractivity contribution in [3.05, 3.63) is 18.2 Å². The van der Waals surface area contributed by atoms with Gasteiger partial charge in [0.05, 0.1) is 12.9 Å². The number of alkyl halides is 6. The molecule has 16 heteroatoms. The summed E-state index contributed by atoms with van der Waals surface area (Å²) in [6.07, 6.45) is -1.74. The van der Waals surface area contributed by atoms with Crippen molar-refractivity contribution in [3.8, 4) is 0 Å². The minimum atomic E-state index is -5.08. The monoisotopic (exact) mass is 519 g/mol. The Kier molecular flexibility index (Phi) is 11.0. The van der Waals surface area contributed by atoms with Crippen LogP contribution in [0.3, 0.4) is 0 Å². The van der Waals surface area contributed by atoms with E-state index in [1.165, 1.54) is 18.5 Å². The van der Waals surface area contributed by atoms with Gasteiger partial charge in [0.15, 0.2) is 0 Å². The van der Waals surface area contributed by atoms with Gasteiger partial charge in [0, 0.05) is 44.1 Å². The smallest absolute Gasteiger partial charge is 0.475 e. The van der Waals surface area contributed by atoms with Gasteiger partial charge in [-0.3, -0.25) is 14.6 Å². The second kappa shape index (κ2) is 12.7. The van der Waals surface area contributed by atoms with Crippen LogP contribution in [0.15, 0.2) is 12.5 Å². The van der Waals surface area contributed by atoms with Gasteiger partial charge in [0.2, 0.25) is 5.91 Å². The zero-order valence-corrected chi connectivity index (χ0v) is 18.7. The topological polar surface area (TPSA) is 139 Å². The van der Waals surface area contributed by atoms with Crippen molar-refractivity contribution in [3.63, 3.8) is 0 Å². The molecule has 1 amide bonds. The second-order valence-corrected chi connectivity index (χ2v) is 7.88. The number of hydrogen-bond donors (Lipinski definition) is 4. The summed E-state index contributed by atoms with van der Waals surface area (Å²) in [6.45, 7) is 4.77. The fourth-order valence-electron chi connectivity index (χ4n) is 3.80. The number of likely N-dealkylation sites (N-methyl/N-ethyl adjacent to an activating group) is 1. The summed E-state index contributed by atoms with van der Waals surface area (Å²) in [7, 11) is 1.72. The van der Waals surface area contributed by atoms with Crippen LogP contribution in [0.25, 0.3) is 0 Å². The quantitative estimate of drug-likeness (QED) is 0.442. The largest absolute Gasteiger partial charge is 0.490 e. The van der Waals surface area contributed by atoms with Crippen molar-refractivity contribution < 1.29 is 50.9 Å². The van der Waals surface area contributed by atoms with Gasteiger partial charge in [-0.15, -0.1) is 0 Å². The molecule has 35 heavy (non-hydrogen) atoms. The molecule has 0 radical (unpaired) electrons. The highest BCUT2D eigenvalue weighted by Crippen LogP contribution is 2.38. The standard InChI is InChI=1S/C15H25N5O.2C2HF3O2/c1-16-14(21)11-20-6-2-3-15(20)4-7-19(8-5-15)10-13-9-17-12-18-13;2*3-2(4,5)1(6)7/h9,12H,2-8,10-11H2,1H3,(H,16,21)(H,17,18);2*(H,6,7). The van der Waals surface area contributed by atoms with Crippen molar-refractivity contribution in [2.24, 2.45) is 0 Å². The molecule has 4 N–H and O–H groups in total. The minimum Gasteiger partial charge on any atom is -0.475 e. The van der Waals surface area contributed by atoms with E-state index in [4.69, 9.17) is 19.8 Å². The lowest BCUT2D eigenvalue weighted by Crippen LogP contribution is -2.54. The first-order valence-electron chi connectivity index (χ1n) is 10.4. The van der Waals surface area contributed by atoms with E-state index >= 15 is 0 Å². The maximum Gasteiger partial charge on any atom is 0.490 e. The number of piperidine rings is 1.